The zero-order valence-electron chi connectivity index (χ0n) is 32.3. The molecule has 0 aromatic carbocycles. The summed E-state index contributed by atoms with van der Waals surface area (Å²) in [6.45, 7) is 4.21. The molecule has 0 saturated heterocycles. The molecule has 0 aromatic rings. The fraction of sp³-hybridized carbons (Fsp3) is 0.837. The summed E-state index contributed by atoms with van der Waals surface area (Å²) in [5.74, 6) is -1.24. The molecule has 1 atom stereocenters. The Morgan fingerprint density at radius 1 is 0.531 bits per heavy atom. The Morgan fingerprint density at radius 2 is 0.939 bits per heavy atom. The molecule has 1 amide bonds. The van der Waals surface area contributed by atoms with E-state index in [0.29, 0.717) is 12.8 Å². The maximum Gasteiger partial charge on any atom is 0.322 e. The molecule has 0 bridgehead atoms. The lowest BCUT2D eigenvalue weighted by Crippen LogP contribution is -2.28. The number of carboxylic acids is 1. The maximum atomic E-state index is 12.7. The fourth-order valence-electron chi connectivity index (χ4n) is 6.25. The quantitative estimate of drug-likeness (QED) is 0.0382. The smallest absolute Gasteiger partial charge is 0.322 e. The standard InChI is InChI=1S/C43H79NO5/c1-3-5-7-9-11-13-15-16-17-18-19-21-23-25-30-34-38-43(48)49-40(35-31-27-24-22-20-14-12-10-8-6-4-2)36-32-28-26-29-33-37-41(45)44-39-42(46)47/h13,15,17-18,40H,3-12,14,16,19-39H2,1-2H3,(H,44,45)(H,46,47)/b15-13-,18-17-. The number of nitrogens with one attached hydrogen (secondary N) is 1. The van der Waals surface area contributed by atoms with Crippen LogP contribution in [0.5, 0.6) is 0 Å². The van der Waals surface area contributed by atoms with Crippen LogP contribution in [0.2, 0.25) is 0 Å². The third kappa shape index (κ3) is 38.5. The summed E-state index contributed by atoms with van der Waals surface area (Å²) in [4.78, 5) is 35.0. The first-order valence-corrected chi connectivity index (χ1v) is 21.0. The van der Waals surface area contributed by atoms with Crippen molar-refractivity contribution in [2.45, 2.75) is 225 Å². The van der Waals surface area contributed by atoms with Gasteiger partial charge in [0.15, 0.2) is 0 Å². The number of aliphatic carboxylic acids is 1. The van der Waals surface area contributed by atoms with Gasteiger partial charge >= 0.3 is 11.9 Å². The lowest BCUT2D eigenvalue weighted by molar-refractivity contribution is -0.150. The van der Waals surface area contributed by atoms with Crippen LogP contribution in [0.15, 0.2) is 24.3 Å². The van der Waals surface area contributed by atoms with Crippen molar-refractivity contribution in [2.75, 3.05) is 6.54 Å². The van der Waals surface area contributed by atoms with Gasteiger partial charge in [0.1, 0.15) is 12.6 Å². The molecule has 49 heavy (non-hydrogen) atoms. The third-order valence-corrected chi connectivity index (χ3v) is 9.38. The molecule has 0 spiro atoms. The highest BCUT2D eigenvalue weighted by molar-refractivity contribution is 5.80. The fourth-order valence-corrected chi connectivity index (χ4v) is 6.25. The molecule has 6 heteroatoms. The van der Waals surface area contributed by atoms with Gasteiger partial charge in [0.25, 0.3) is 0 Å². The van der Waals surface area contributed by atoms with Crippen molar-refractivity contribution in [1.29, 1.82) is 0 Å². The minimum Gasteiger partial charge on any atom is -0.480 e. The van der Waals surface area contributed by atoms with Gasteiger partial charge in [0, 0.05) is 12.8 Å². The van der Waals surface area contributed by atoms with Crippen molar-refractivity contribution in [2.24, 2.45) is 0 Å². The molecular formula is C43H79NO5. The van der Waals surface area contributed by atoms with Crippen LogP contribution in [0.1, 0.15) is 219 Å². The summed E-state index contributed by atoms with van der Waals surface area (Å²) in [5.41, 5.74) is 0. The molecule has 0 saturated carbocycles. The Balaban J connectivity index is 4.16. The average molecular weight is 690 g/mol. The molecule has 0 aromatic heterocycles. The molecule has 0 aliphatic heterocycles. The second-order valence-electron chi connectivity index (χ2n) is 14.2. The molecular weight excluding hydrogens is 610 g/mol. The number of hydrogen-bond donors (Lipinski definition) is 2. The van der Waals surface area contributed by atoms with Gasteiger partial charge in [0.2, 0.25) is 5.91 Å². The number of esters is 1. The number of ether oxygens (including phenoxy) is 1. The summed E-state index contributed by atoms with van der Waals surface area (Å²) in [7, 11) is 0. The van der Waals surface area contributed by atoms with Gasteiger partial charge in [-0.2, -0.15) is 0 Å². The van der Waals surface area contributed by atoms with E-state index in [9.17, 15) is 14.4 Å². The Bertz CT molecular complexity index is 808. The number of amides is 1. The largest absolute Gasteiger partial charge is 0.480 e. The van der Waals surface area contributed by atoms with Crippen LogP contribution in [-0.2, 0) is 19.1 Å². The second kappa shape index (κ2) is 38.7. The van der Waals surface area contributed by atoms with Crippen molar-refractivity contribution in [3.05, 3.63) is 24.3 Å². The normalized spacial score (nSPS) is 12.2. The van der Waals surface area contributed by atoms with E-state index in [4.69, 9.17) is 9.84 Å². The number of hydrogen-bond acceptors (Lipinski definition) is 4. The molecule has 2 N–H and O–H groups in total. The molecule has 1 unspecified atom stereocenters. The number of carbonyl (C=O) groups is 3. The van der Waals surface area contributed by atoms with Crippen LogP contribution >= 0.6 is 0 Å². The second-order valence-corrected chi connectivity index (χ2v) is 14.2. The zero-order valence-corrected chi connectivity index (χ0v) is 32.3. The van der Waals surface area contributed by atoms with E-state index in [1.807, 2.05) is 0 Å². The van der Waals surface area contributed by atoms with Crippen LogP contribution < -0.4 is 5.32 Å². The highest BCUT2D eigenvalue weighted by Crippen LogP contribution is 2.19. The highest BCUT2D eigenvalue weighted by Gasteiger charge is 2.14. The number of allylic oxidation sites excluding steroid dienone is 4. The summed E-state index contributed by atoms with van der Waals surface area (Å²) < 4.78 is 6.02. The lowest BCUT2D eigenvalue weighted by atomic mass is 10.0. The van der Waals surface area contributed by atoms with Gasteiger partial charge in [-0.1, -0.05) is 160 Å². The summed E-state index contributed by atoms with van der Waals surface area (Å²) >= 11 is 0. The van der Waals surface area contributed by atoms with E-state index in [-0.39, 0.29) is 24.5 Å². The van der Waals surface area contributed by atoms with Gasteiger partial charge in [-0.15, -0.1) is 0 Å². The van der Waals surface area contributed by atoms with Crippen LogP contribution in [0.25, 0.3) is 0 Å². The molecule has 0 radical (unpaired) electrons. The van der Waals surface area contributed by atoms with Gasteiger partial charge in [0.05, 0.1) is 0 Å². The highest BCUT2D eigenvalue weighted by atomic mass is 16.5. The van der Waals surface area contributed by atoms with Gasteiger partial charge in [-0.3, -0.25) is 14.4 Å². The molecule has 0 heterocycles. The zero-order chi connectivity index (χ0) is 35.9. The summed E-state index contributed by atoms with van der Waals surface area (Å²) in [6, 6.07) is 0. The molecule has 6 nitrogen and oxygen atoms in total. The maximum absolute atomic E-state index is 12.7. The topological polar surface area (TPSA) is 92.7 Å². The monoisotopic (exact) mass is 690 g/mol. The van der Waals surface area contributed by atoms with Crippen molar-refractivity contribution in [3.63, 3.8) is 0 Å². The van der Waals surface area contributed by atoms with Gasteiger partial charge in [-0.25, -0.2) is 0 Å². The molecule has 0 aliphatic rings. The van der Waals surface area contributed by atoms with Crippen LogP contribution in [0.4, 0.5) is 0 Å². The van der Waals surface area contributed by atoms with Crippen LogP contribution in [-0.4, -0.2) is 35.6 Å². The molecule has 0 rings (SSSR count). The number of unbranched alkanes of at least 4 members (excludes halogenated alkanes) is 23. The van der Waals surface area contributed by atoms with E-state index in [1.54, 1.807) is 0 Å². The van der Waals surface area contributed by atoms with Crippen molar-refractivity contribution in [1.82, 2.24) is 5.32 Å². The summed E-state index contributed by atoms with van der Waals surface area (Å²) in [5, 5.41) is 11.1. The minimum atomic E-state index is -1.02. The third-order valence-electron chi connectivity index (χ3n) is 9.38. The predicted molar refractivity (Wildman–Crippen MR) is 208 cm³/mol. The van der Waals surface area contributed by atoms with Gasteiger partial charge in [-0.05, 0) is 70.6 Å². The van der Waals surface area contributed by atoms with Crippen LogP contribution in [0, 0.1) is 0 Å². The molecule has 0 fully saturated rings. The molecule has 286 valence electrons. The van der Waals surface area contributed by atoms with Crippen molar-refractivity contribution < 1.29 is 24.2 Å². The van der Waals surface area contributed by atoms with Crippen LogP contribution in [0.3, 0.4) is 0 Å². The van der Waals surface area contributed by atoms with Crippen molar-refractivity contribution in [3.8, 4) is 0 Å². The van der Waals surface area contributed by atoms with E-state index >= 15 is 0 Å². The SMILES string of the molecule is CCCCCC/C=C\C/C=C\CCCCCCCC(=O)OC(CCCCCCCCCCCCC)CCCCCCCC(=O)NCC(=O)O. The summed E-state index contributed by atoms with van der Waals surface area (Å²) in [6.07, 6.45) is 45.8. The Kier molecular flexibility index (Phi) is 37.0. The predicted octanol–water partition coefficient (Wildman–Crippen LogP) is 12.7. The number of carbonyl (C=O) groups excluding carboxylic acids is 2. The Labute approximate surface area is 303 Å². The van der Waals surface area contributed by atoms with E-state index < -0.39 is 5.97 Å². The first-order valence-electron chi connectivity index (χ1n) is 21.0. The first kappa shape index (κ1) is 46.9. The Hall–Kier alpha value is -2.11. The van der Waals surface area contributed by atoms with E-state index in [1.165, 1.54) is 116 Å². The van der Waals surface area contributed by atoms with Gasteiger partial charge < -0.3 is 15.2 Å². The van der Waals surface area contributed by atoms with E-state index in [2.05, 4.69) is 43.5 Å². The molecule has 0 aliphatic carbocycles. The lowest BCUT2D eigenvalue weighted by Gasteiger charge is -2.18. The minimum absolute atomic E-state index is 0.0237. The number of carboxylic acid groups (broad SMARTS) is 1. The van der Waals surface area contributed by atoms with Crippen molar-refractivity contribution >= 4 is 17.8 Å². The van der Waals surface area contributed by atoms with E-state index in [0.717, 1.165) is 77.0 Å². The number of rotatable bonds is 38. The first-order chi connectivity index (χ1) is 24.0. The average Bonchev–Trinajstić information content (AvgIpc) is 3.08. The Morgan fingerprint density at radius 3 is 1.43 bits per heavy atom.